The van der Waals surface area contributed by atoms with Gasteiger partial charge in [-0.15, -0.1) is 0 Å². The van der Waals surface area contributed by atoms with E-state index in [2.05, 4.69) is 15.3 Å². The Labute approximate surface area is 188 Å². The van der Waals surface area contributed by atoms with E-state index in [-0.39, 0.29) is 5.56 Å². The molecule has 1 atom stereocenters. The van der Waals surface area contributed by atoms with Gasteiger partial charge in [-0.2, -0.15) is 17.2 Å². The molecule has 3 aromatic heterocycles. The van der Waals surface area contributed by atoms with Crippen LogP contribution in [0.15, 0.2) is 47.8 Å². The van der Waals surface area contributed by atoms with Crippen molar-refractivity contribution in [1.82, 2.24) is 19.3 Å². The molecule has 0 aliphatic rings. The number of rotatable bonds is 5. The highest BCUT2D eigenvalue weighted by molar-refractivity contribution is 7.90. The van der Waals surface area contributed by atoms with Crippen LogP contribution >= 0.6 is 0 Å². The van der Waals surface area contributed by atoms with E-state index in [4.69, 9.17) is 4.74 Å². The molecule has 0 fully saturated rings. The molecule has 1 N–H and O–H groups in total. The van der Waals surface area contributed by atoms with Crippen molar-refractivity contribution in [3.8, 4) is 11.3 Å². The molecule has 8 nitrogen and oxygen atoms in total. The Bertz CT molecular complexity index is 1300. The van der Waals surface area contributed by atoms with Gasteiger partial charge in [0.05, 0.1) is 5.56 Å². The summed E-state index contributed by atoms with van der Waals surface area (Å²) in [5.74, 6) is -3.36. The van der Waals surface area contributed by atoms with Crippen LogP contribution in [0, 0.1) is 23.1 Å². The summed E-state index contributed by atoms with van der Waals surface area (Å²) in [7, 11) is -3.39. The van der Waals surface area contributed by atoms with Crippen LogP contribution in [0.2, 0.25) is 0 Å². The van der Waals surface area contributed by atoms with E-state index in [0.29, 0.717) is 3.97 Å². The predicted molar refractivity (Wildman–Crippen MR) is 112 cm³/mol. The fourth-order valence-electron chi connectivity index (χ4n) is 3.16. The maximum atomic E-state index is 15.8. The molecule has 0 aliphatic carbocycles. The molecule has 0 saturated heterocycles. The number of alkyl carbamates (subject to hydrolysis) is 1. The zero-order valence-corrected chi connectivity index (χ0v) is 19.0. The normalized spacial score (nSPS) is 12.9. The first-order valence-electron chi connectivity index (χ1n) is 9.66. The summed E-state index contributed by atoms with van der Waals surface area (Å²) in [6, 6.07) is 5.51. The summed E-state index contributed by atoms with van der Waals surface area (Å²) in [5.41, 5.74) is -2.39. The quantitative estimate of drug-likeness (QED) is 0.551. The molecular weight excluding hydrogens is 461 g/mol. The molecule has 3 heterocycles. The number of carbonyl (C=O) groups excluding carboxylic acids is 1. The fraction of sp³-hybridized carbons (Fsp3) is 0.286. The SMILES string of the molecule is CNC(=O)OC(c1cn(S(=O)(=O)c2cccc(F)n2)c(-c2cccnc2F)c1F)C(C)(C)C. The van der Waals surface area contributed by atoms with Crippen molar-refractivity contribution in [1.29, 1.82) is 0 Å². The predicted octanol–water partition coefficient (Wildman–Crippen LogP) is 4.04. The van der Waals surface area contributed by atoms with E-state index in [0.717, 1.165) is 36.7 Å². The van der Waals surface area contributed by atoms with Crippen LogP contribution in [0.3, 0.4) is 0 Å². The Morgan fingerprint density at radius 3 is 2.42 bits per heavy atom. The first kappa shape index (κ1) is 24.2. The third-order valence-electron chi connectivity index (χ3n) is 4.66. The van der Waals surface area contributed by atoms with Crippen molar-refractivity contribution < 1.29 is 31.1 Å². The fourth-order valence-corrected chi connectivity index (χ4v) is 4.49. The van der Waals surface area contributed by atoms with Gasteiger partial charge in [0.2, 0.25) is 11.9 Å². The van der Waals surface area contributed by atoms with E-state index in [9.17, 15) is 22.0 Å². The maximum Gasteiger partial charge on any atom is 0.407 e. The van der Waals surface area contributed by atoms with E-state index in [1.807, 2.05) is 0 Å². The van der Waals surface area contributed by atoms with Crippen LogP contribution in [-0.2, 0) is 14.8 Å². The Morgan fingerprint density at radius 1 is 1.15 bits per heavy atom. The summed E-state index contributed by atoms with van der Waals surface area (Å²) in [5, 5.41) is 1.52. The Hall–Kier alpha value is -3.41. The lowest BCUT2D eigenvalue weighted by Gasteiger charge is -2.29. The third-order valence-corrected chi connectivity index (χ3v) is 6.22. The molecule has 0 bridgehead atoms. The summed E-state index contributed by atoms with van der Waals surface area (Å²) in [6.07, 6.45) is -0.170. The second kappa shape index (κ2) is 8.85. The standard InChI is InChI=1S/C21H21F3N4O4S/c1-21(2,3)18(32-20(29)25-4)13-11-28(33(30,31)15-9-5-8-14(22)27-15)17(16(13)23)12-7-6-10-26-19(12)24/h5-11,18H,1-4H3,(H,25,29). The highest BCUT2D eigenvalue weighted by Crippen LogP contribution is 2.42. The molecule has 0 aliphatic heterocycles. The van der Waals surface area contributed by atoms with Crippen LogP contribution in [0.5, 0.6) is 0 Å². The molecule has 176 valence electrons. The van der Waals surface area contributed by atoms with Crippen molar-refractivity contribution in [2.45, 2.75) is 31.9 Å². The molecule has 1 amide bonds. The van der Waals surface area contributed by atoms with Crippen LogP contribution in [0.4, 0.5) is 18.0 Å². The summed E-state index contributed by atoms with van der Waals surface area (Å²) in [6.45, 7) is 4.93. The van der Waals surface area contributed by atoms with Gasteiger partial charge in [-0.3, -0.25) is 0 Å². The minimum absolute atomic E-state index is 0.329. The number of ether oxygens (including phenoxy) is 1. The number of pyridine rings is 2. The van der Waals surface area contributed by atoms with Gasteiger partial charge in [0.15, 0.2) is 10.8 Å². The van der Waals surface area contributed by atoms with E-state index < -0.39 is 61.6 Å². The summed E-state index contributed by atoms with van der Waals surface area (Å²) in [4.78, 5) is 18.8. The monoisotopic (exact) mass is 482 g/mol. The molecule has 0 saturated carbocycles. The Balaban J connectivity index is 2.36. The first-order chi connectivity index (χ1) is 15.4. The summed E-state index contributed by atoms with van der Waals surface area (Å²) < 4.78 is 76.4. The second-order valence-electron chi connectivity index (χ2n) is 8.09. The highest BCUT2D eigenvalue weighted by Gasteiger charge is 2.38. The van der Waals surface area contributed by atoms with Gasteiger partial charge in [-0.25, -0.2) is 23.1 Å². The zero-order valence-electron chi connectivity index (χ0n) is 18.1. The number of nitrogens with one attached hydrogen (secondary N) is 1. The molecule has 0 radical (unpaired) electrons. The van der Waals surface area contributed by atoms with E-state index in [1.165, 1.54) is 13.1 Å². The highest BCUT2D eigenvalue weighted by atomic mass is 32.2. The van der Waals surface area contributed by atoms with Crippen LogP contribution in [-0.4, -0.2) is 35.5 Å². The lowest BCUT2D eigenvalue weighted by Crippen LogP contribution is -2.29. The smallest absolute Gasteiger partial charge is 0.407 e. The average molecular weight is 482 g/mol. The van der Waals surface area contributed by atoms with Crippen molar-refractivity contribution in [3.63, 3.8) is 0 Å². The largest absolute Gasteiger partial charge is 0.441 e. The molecule has 12 heteroatoms. The maximum absolute atomic E-state index is 15.8. The molecule has 0 spiro atoms. The zero-order chi connectivity index (χ0) is 24.6. The summed E-state index contributed by atoms with van der Waals surface area (Å²) >= 11 is 0. The van der Waals surface area contributed by atoms with Gasteiger partial charge in [0.1, 0.15) is 11.8 Å². The van der Waals surface area contributed by atoms with Crippen molar-refractivity contribution in [3.05, 3.63) is 66.0 Å². The number of carbonyl (C=O) groups is 1. The topological polar surface area (TPSA) is 103 Å². The lowest BCUT2D eigenvalue weighted by molar-refractivity contribution is 0.0294. The molecule has 3 rings (SSSR count). The first-order valence-corrected chi connectivity index (χ1v) is 11.1. The van der Waals surface area contributed by atoms with Crippen LogP contribution in [0.25, 0.3) is 11.3 Å². The van der Waals surface area contributed by atoms with Crippen molar-refractivity contribution in [2.24, 2.45) is 5.41 Å². The number of aromatic nitrogens is 3. The van der Waals surface area contributed by atoms with Gasteiger partial charge in [0, 0.05) is 30.4 Å². The molecule has 0 aromatic carbocycles. The van der Waals surface area contributed by atoms with E-state index >= 15 is 4.39 Å². The number of amides is 1. The van der Waals surface area contributed by atoms with Gasteiger partial charge in [-0.05, 0) is 24.3 Å². The van der Waals surface area contributed by atoms with E-state index in [1.54, 1.807) is 20.8 Å². The molecule has 33 heavy (non-hydrogen) atoms. The van der Waals surface area contributed by atoms with Gasteiger partial charge < -0.3 is 10.1 Å². The van der Waals surface area contributed by atoms with Crippen molar-refractivity contribution >= 4 is 16.1 Å². The Morgan fingerprint density at radius 2 is 1.85 bits per heavy atom. The third kappa shape index (κ3) is 4.70. The van der Waals surface area contributed by atoms with Gasteiger partial charge in [-0.1, -0.05) is 26.8 Å². The van der Waals surface area contributed by atoms with Gasteiger partial charge in [0.25, 0.3) is 10.0 Å². The van der Waals surface area contributed by atoms with Gasteiger partial charge >= 0.3 is 6.09 Å². The molecule has 1 unspecified atom stereocenters. The number of hydrogen-bond donors (Lipinski definition) is 1. The lowest BCUT2D eigenvalue weighted by atomic mass is 9.85. The number of nitrogens with zero attached hydrogens (tertiary/aromatic N) is 3. The second-order valence-corrected chi connectivity index (χ2v) is 9.85. The molecule has 3 aromatic rings. The minimum atomic E-state index is -4.70. The number of hydrogen-bond acceptors (Lipinski definition) is 6. The average Bonchev–Trinajstić information content (AvgIpc) is 3.08. The number of halogens is 3. The molecular formula is C21H21F3N4O4S. The van der Waals surface area contributed by atoms with Crippen LogP contribution < -0.4 is 5.32 Å². The van der Waals surface area contributed by atoms with Crippen LogP contribution in [0.1, 0.15) is 32.4 Å². The van der Waals surface area contributed by atoms with Crippen molar-refractivity contribution in [2.75, 3.05) is 7.05 Å². The minimum Gasteiger partial charge on any atom is -0.441 e. The Kier molecular flexibility index (Phi) is 6.50.